The van der Waals surface area contributed by atoms with Crippen molar-refractivity contribution in [3.8, 4) is 0 Å². The maximum absolute atomic E-state index is 12.9. The molecule has 2 rings (SSSR count). The van der Waals surface area contributed by atoms with Crippen molar-refractivity contribution in [1.29, 1.82) is 0 Å². The van der Waals surface area contributed by atoms with Gasteiger partial charge in [-0.2, -0.15) is 0 Å². The molecule has 0 bridgehead atoms. The summed E-state index contributed by atoms with van der Waals surface area (Å²) in [5.41, 5.74) is 8.02. The fourth-order valence-corrected chi connectivity index (χ4v) is 2.41. The topological polar surface area (TPSA) is 46.3 Å². The highest BCUT2D eigenvalue weighted by atomic mass is 19.1. The number of benzene rings is 2. The molecule has 0 saturated heterocycles. The molecule has 2 aromatic rings. The lowest BCUT2D eigenvalue weighted by atomic mass is 9.94. The van der Waals surface area contributed by atoms with Gasteiger partial charge in [-0.05, 0) is 23.3 Å². The van der Waals surface area contributed by atoms with Gasteiger partial charge in [0.15, 0.2) is 0 Å². The van der Waals surface area contributed by atoms with Crippen LogP contribution in [0.5, 0.6) is 0 Å². The molecule has 0 aliphatic heterocycles. The molecular formula is C18H21FN2O. The van der Waals surface area contributed by atoms with E-state index in [0.717, 1.165) is 11.1 Å². The van der Waals surface area contributed by atoms with Crippen molar-refractivity contribution in [2.75, 3.05) is 7.05 Å². The minimum atomic E-state index is -0.343. The first-order chi connectivity index (χ1) is 10.5. The van der Waals surface area contributed by atoms with E-state index in [1.165, 1.54) is 12.1 Å². The van der Waals surface area contributed by atoms with E-state index in [9.17, 15) is 9.18 Å². The average Bonchev–Trinajstić information content (AvgIpc) is 2.55. The van der Waals surface area contributed by atoms with Crippen LogP contribution in [0.3, 0.4) is 0 Å². The van der Waals surface area contributed by atoms with Crippen molar-refractivity contribution < 1.29 is 9.18 Å². The molecular weight excluding hydrogens is 279 g/mol. The average molecular weight is 300 g/mol. The van der Waals surface area contributed by atoms with Gasteiger partial charge in [-0.15, -0.1) is 0 Å². The van der Waals surface area contributed by atoms with Crippen LogP contribution in [0.2, 0.25) is 0 Å². The largest absolute Gasteiger partial charge is 0.341 e. The van der Waals surface area contributed by atoms with Crippen LogP contribution in [-0.4, -0.2) is 17.9 Å². The Morgan fingerprint density at radius 1 is 1.14 bits per heavy atom. The summed E-state index contributed by atoms with van der Waals surface area (Å²) in [4.78, 5) is 14.1. The zero-order valence-corrected chi connectivity index (χ0v) is 12.9. The van der Waals surface area contributed by atoms with Crippen molar-refractivity contribution in [2.45, 2.75) is 19.5 Å². The maximum atomic E-state index is 12.9. The first kappa shape index (κ1) is 16.2. The standard InChI is InChI=1S/C18H21FN2O/c1-13(17(20)15-6-4-3-5-7-15)18(22)21(2)12-14-8-10-16(19)11-9-14/h3-11,13,17H,12,20H2,1-2H3. The molecule has 2 aromatic carbocycles. The highest BCUT2D eigenvalue weighted by Gasteiger charge is 2.24. The highest BCUT2D eigenvalue weighted by molar-refractivity contribution is 5.79. The molecule has 0 spiro atoms. The quantitative estimate of drug-likeness (QED) is 0.922. The lowest BCUT2D eigenvalue weighted by Crippen LogP contribution is -2.36. The molecule has 2 N–H and O–H groups in total. The number of nitrogens with zero attached hydrogens (tertiary/aromatic N) is 1. The van der Waals surface area contributed by atoms with Gasteiger partial charge in [0.25, 0.3) is 0 Å². The summed E-state index contributed by atoms with van der Waals surface area (Å²) in [7, 11) is 1.74. The number of amides is 1. The highest BCUT2D eigenvalue weighted by Crippen LogP contribution is 2.21. The van der Waals surface area contributed by atoms with Gasteiger partial charge in [-0.25, -0.2) is 4.39 Å². The van der Waals surface area contributed by atoms with Crippen LogP contribution >= 0.6 is 0 Å². The van der Waals surface area contributed by atoms with Crippen LogP contribution in [0, 0.1) is 11.7 Å². The first-order valence-corrected chi connectivity index (χ1v) is 7.29. The smallest absolute Gasteiger partial charge is 0.227 e. The summed E-state index contributed by atoms with van der Waals surface area (Å²) < 4.78 is 12.9. The second-order valence-electron chi connectivity index (χ2n) is 5.55. The molecule has 0 heterocycles. The third-order valence-corrected chi connectivity index (χ3v) is 3.82. The van der Waals surface area contributed by atoms with Crippen LogP contribution in [-0.2, 0) is 11.3 Å². The van der Waals surface area contributed by atoms with Gasteiger partial charge in [0, 0.05) is 19.6 Å². The zero-order chi connectivity index (χ0) is 16.1. The molecule has 0 radical (unpaired) electrons. The van der Waals surface area contributed by atoms with Crippen molar-refractivity contribution >= 4 is 5.91 Å². The minimum Gasteiger partial charge on any atom is -0.341 e. The van der Waals surface area contributed by atoms with Crippen LogP contribution in [0.15, 0.2) is 54.6 Å². The van der Waals surface area contributed by atoms with Crippen molar-refractivity contribution in [3.63, 3.8) is 0 Å². The molecule has 22 heavy (non-hydrogen) atoms. The SMILES string of the molecule is CC(C(=O)N(C)Cc1ccc(F)cc1)C(N)c1ccccc1. The van der Waals surface area contributed by atoms with Crippen LogP contribution in [0.1, 0.15) is 24.1 Å². The Bertz CT molecular complexity index is 613. The second-order valence-corrected chi connectivity index (χ2v) is 5.55. The van der Waals surface area contributed by atoms with E-state index < -0.39 is 0 Å². The lowest BCUT2D eigenvalue weighted by Gasteiger charge is -2.25. The van der Waals surface area contributed by atoms with Crippen LogP contribution in [0.25, 0.3) is 0 Å². The van der Waals surface area contributed by atoms with Gasteiger partial charge in [0.05, 0.1) is 5.92 Å². The Labute approximate surface area is 130 Å². The number of carbonyl (C=O) groups excluding carboxylic acids is 1. The predicted molar refractivity (Wildman–Crippen MR) is 85.4 cm³/mol. The summed E-state index contributed by atoms with van der Waals surface area (Å²) in [5, 5.41) is 0. The van der Waals surface area contributed by atoms with Gasteiger partial charge in [0.1, 0.15) is 5.82 Å². The molecule has 0 aliphatic rings. The lowest BCUT2D eigenvalue weighted by molar-refractivity contribution is -0.134. The van der Waals surface area contributed by atoms with Gasteiger partial charge >= 0.3 is 0 Å². The number of rotatable bonds is 5. The summed E-state index contributed by atoms with van der Waals surface area (Å²) in [6, 6.07) is 15.4. The summed E-state index contributed by atoms with van der Waals surface area (Å²) >= 11 is 0. The molecule has 0 fully saturated rings. The molecule has 0 aromatic heterocycles. The van der Waals surface area contributed by atoms with Crippen molar-refractivity contribution in [3.05, 3.63) is 71.5 Å². The third kappa shape index (κ3) is 3.92. The van der Waals surface area contributed by atoms with Crippen molar-refractivity contribution in [1.82, 2.24) is 4.90 Å². The van der Waals surface area contributed by atoms with Crippen molar-refractivity contribution in [2.24, 2.45) is 11.7 Å². The zero-order valence-electron chi connectivity index (χ0n) is 12.9. The summed E-state index contributed by atoms with van der Waals surface area (Å²) in [6.07, 6.45) is 0. The minimum absolute atomic E-state index is 0.0271. The molecule has 3 nitrogen and oxygen atoms in total. The molecule has 1 amide bonds. The Kier molecular flexibility index (Phi) is 5.28. The molecule has 0 aliphatic carbocycles. The maximum Gasteiger partial charge on any atom is 0.227 e. The van der Waals surface area contributed by atoms with Crippen LogP contribution < -0.4 is 5.73 Å². The number of carbonyl (C=O) groups is 1. The third-order valence-electron chi connectivity index (χ3n) is 3.82. The molecule has 2 atom stereocenters. The molecule has 0 saturated carbocycles. The number of halogens is 1. The Hall–Kier alpha value is -2.20. The van der Waals surface area contributed by atoms with E-state index in [1.807, 2.05) is 37.3 Å². The van der Waals surface area contributed by atoms with E-state index in [4.69, 9.17) is 5.73 Å². The molecule has 4 heteroatoms. The van der Waals surface area contributed by atoms with E-state index in [2.05, 4.69) is 0 Å². The Balaban J connectivity index is 2.01. The predicted octanol–water partition coefficient (Wildman–Crippen LogP) is 3.12. The molecule has 116 valence electrons. The van der Waals surface area contributed by atoms with E-state index in [-0.39, 0.29) is 23.7 Å². The monoisotopic (exact) mass is 300 g/mol. The van der Waals surface area contributed by atoms with Gasteiger partial charge in [-0.1, -0.05) is 49.4 Å². The molecule has 2 unspecified atom stereocenters. The normalized spacial score (nSPS) is 13.5. The van der Waals surface area contributed by atoms with Gasteiger partial charge in [0.2, 0.25) is 5.91 Å². The fourth-order valence-electron chi connectivity index (χ4n) is 2.41. The summed E-state index contributed by atoms with van der Waals surface area (Å²) in [6.45, 7) is 2.27. The number of hydrogen-bond donors (Lipinski definition) is 1. The number of nitrogens with two attached hydrogens (primary N) is 1. The van der Waals surface area contributed by atoms with E-state index >= 15 is 0 Å². The summed E-state index contributed by atoms with van der Waals surface area (Å²) in [5.74, 6) is -0.634. The fraction of sp³-hybridized carbons (Fsp3) is 0.278. The van der Waals surface area contributed by atoms with Crippen LogP contribution in [0.4, 0.5) is 4.39 Å². The van der Waals surface area contributed by atoms with E-state index in [1.54, 1.807) is 24.1 Å². The van der Waals surface area contributed by atoms with E-state index in [0.29, 0.717) is 6.54 Å². The van der Waals surface area contributed by atoms with Gasteiger partial charge in [-0.3, -0.25) is 4.79 Å². The number of hydrogen-bond acceptors (Lipinski definition) is 2. The second kappa shape index (κ2) is 7.18. The first-order valence-electron chi connectivity index (χ1n) is 7.29. The Morgan fingerprint density at radius 3 is 2.32 bits per heavy atom. The Morgan fingerprint density at radius 2 is 1.73 bits per heavy atom. The van der Waals surface area contributed by atoms with Gasteiger partial charge < -0.3 is 10.6 Å².